The van der Waals surface area contributed by atoms with Gasteiger partial charge in [0.25, 0.3) is 5.91 Å². The maximum Gasteiger partial charge on any atom is 0.255 e. The number of amides is 1. The molecule has 176 valence electrons. The molecule has 35 heavy (non-hydrogen) atoms. The fourth-order valence-electron chi connectivity index (χ4n) is 4.71. The molecule has 0 saturated heterocycles. The first-order chi connectivity index (χ1) is 17.2. The second-order valence-electron chi connectivity index (χ2n) is 8.83. The highest BCUT2D eigenvalue weighted by molar-refractivity contribution is 6.04. The van der Waals surface area contributed by atoms with Crippen molar-refractivity contribution in [2.45, 2.75) is 25.9 Å². The molecule has 8 nitrogen and oxygen atoms in total. The van der Waals surface area contributed by atoms with Gasteiger partial charge in [-0.1, -0.05) is 18.2 Å². The molecule has 8 heteroatoms. The molecule has 1 amide bonds. The van der Waals surface area contributed by atoms with Crippen molar-refractivity contribution in [2.24, 2.45) is 0 Å². The zero-order valence-corrected chi connectivity index (χ0v) is 19.2. The molecule has 0 bridgehead atoms. The molecule has 2 aromatic carbocycles. The van der Waals surface area contributed by atoms with E-state index in [1.54, 1.807) is 6.20 Å². The van der Waals surface area contributed by atoms with Crippen molar-refractivity contribution in [1.82, 2.24) is 20.5 Å². The van der Waals surface area contributed by atoms with Crippen LogP contribution in [0.2, 0.25) is 0 Å². The lowest BCUT2D eigenvalue weighted by atomic mass is 9.98. The average molecular weight is 467 g/mol. The largest absolute Gasteiger partial charge is 0.492 e. The van der Waals surface area contributed by atoms with Crippen LogP contribution >= 0.6 is 0 Å². The van der Waals surface area contributed by atoms with Crippen LogP contribution in [0.4, 0.5) is 11.5 Å². The Bertz CT molecular complexity index is 1380. The van der Waals surface area contributed by atoms with Gasteiger partial charge in [0, 0.05) is 59.8 Å². The molecule has 0 spiro atoms. The van der Waals surface area contributed by atoms with Crippen LogP contribution in [0.3, 0.4) is 0 Å². The molecule has 2 aromatic heterocycles. The highest BCUT2D eigenvalue weighted by Crippen LogP contribution is 2.39. The summed E-state index contributed by atoms with van der Waals surface area (Å²) < 4.78 is 5.91. The van der Waals surface area contributed by atoms with Gasteiger partial charge in [-0.25, -0.2) is 4.98 Å². The Hall–Kier alpha value is -4.17. The number of H-pyrrole nitrogens is 1. The van der Waals surface area contributed by atoms with Crippen molar-refractivity contribution in [2.75, 3.05) is 23.8 Å². The summed E-state index contributed by atoms with van der Waals surface area (Å²) in [5.74, 6) is 1.59. The maximum absolute atomic E-state index is 12.9. The number of ether oxygens (including phenoxy) is 1. The lowest BCUT2D eigenvalue weighted by Gasteiger charge is -2.17. The van der Waals surface area contributed by atoms with Crippen LogP contribution in [0.5, 0.6) is 5.75 Å². The molecule has 4 heterocycles. The van der Waals surface area contributed by atoms with E-state index in [2.05, 4.69) is 31.1 Å². The minimum absolute atomic E-state index is 0.0945. The van der Waals surface area contributed by atoms with Gasteiger partial charge in [0.1, 0.15) is 11.6 Å². The first kappa shape index (κ1) is 21.4. The summed E-state index contributed by atoms with van der Waals surface area (Å²) in [6, 6.07) is 13.8. The summed E-state index contributed by atoms with van der Waals surface area (Å²) in [4.78, 5) is 17.5. The Morgan fingerprint density at radius 1 is 1.09 bits per heavy atom. The van der Waals surface area contributed by atoms with E-state index in [1.807, 2.05) is 54.9 Å². The number of rotatable bonds is 6. The summed E-state index contributed by atoms with van der Waals surface area (Å²) in [6.07, 6.45) is 7.19. The van der Waals surface area contributed by atoms with Crippen LogP contribution in [0.25, 0.3) is 11.1 Å². The topological polar surface area (TPSA) is 104 Å². The number of carbonyl (C=O) groups is 1. The summed E-state index contributed by atoms with van der Waals surface area (Å²) in [5.41, 5.74) is 8.00. The third-order valence-corrected chi connectivity index (χ3v) is 6.53. The predicted molar refractivity (Wildman–Crippen MR) is 135 cm³/mol. The Morgan fingerprint density at radius 3 is 2.97 bits per heavy atom. The van der Waals surface area contributed by atoms with E-state index in [4.69, 9.17) is 4.74 Å². The smallest absolute Gasteiger partial charge is 0.255 e. The van der Waals surface area contributed by atoms with Crippen LogP contribution in [-0.2, 0) is 25.9 Å². The number of carbonyl (C=O) groups excluding carboxylic acids is 1. The molecule has 0 radical (unpaired) electrons. The average Bonchev–Trinajstić information content (AvgIpc) is 3.60. The summed E-state index contributed by atoms with van der Waals surface area (Å²) in [7, 11) is 0. The lowest BCUT2D eigenvalue weighted by Crippen LogP contribution is -2.24. The second kappa shape index (κ2) is 9.23. The van der Waals surface area contributed by atoms with E-state index in [9.17, 15) is 4.79 Å². The molecule has 0 unspecified atom stereocenters. The molecule has 0 aliphatic carbocycles. The third kappa shape index (κ3) is 4.36. The Kier molecular flexibility index (Phi) is 5.64. The van der Waals surface area contributed by atoms with E-state index in [-0.39, 0.29) is 5.91 Å². The van der Waals surface area contributed by atoms with Crippen LogP contribution in [-0.4, -0.2) is 34.2 Å². The molecular weight excluding hydrogens is 440 g/mol. The molecule has 4 N–H and O–H groups in total. The van der Waals surface area contributed by atoms with E-state index < -0.39 is 0 Å². The van der Waals surface area contributed by atoms with Gasteiger partial charge < -0.3 is 20.7 Å². The van der Waals surface area contributed by atoms with Gasteiger partial charge in [0.05, 0.1) is 12.8 Å². The van der Waals surface area contributed by atoms with Crippen molar-refractivity contribution in [1.29, 1.82) is 0 Å². The fourth-order valence-corrected chi connectivity index (χ4v) is 4.71. The quantitative estimate of drug-likeness (QED) is 0.343. The Morgan fingerprint density at radius 2 is 2.06 bits per heavy atom. The summed E-state index contributed by atoms with van der Waals surface area (Å²) in [5, 5.41) is 16.7. The van der Waals surface area contributed by atoms with Gasteiger partial charge in [0.15, 0.2) is 0 Å². The van der Waals surface area contributed by atoms with Gasteiger partial charge in [-0.15, -0.1) is 0 Å². The van der Waals surface area contributed by atoms with Crippen molar-refractivity contribution < 1.29 is 9.53 Å². The maximum atomic E-state index is 12.9. The van der Waals surface area contributed by atoms with Gasteiger partial charge in [-0.05, 0) is 53.9 Å². The van der Waals surface area contributed by atoms with Crippen molar-refractivity contribution in [3.63, 3.8) is 0 Å². The molecule has 2 aliphatic rings. The zero-order chi connectivity index (χ0) is 23.6. The molecule has 0 atom stereocenters. The third-order valence-electron chi connectivity index (χ3n) is 6.53. The van der Waals surface area contributed by atoms with Crippen molar-refractivity contribution in [3.05, 3.63) is 88.9 Å². The predicted octanol–water partition coefficient (Wildman–Crippen LogP) is 3.92. The molecule has 6 rings (SSSR count). The van der Waals surface area contributed by atoms with Gasteiger partial charge in [-0.2, -0.15) is 5.10 Å². The molecule has 2 aliphatic heterocycles. The SMILES string of the molecule is O=C(Nc1cccc(CNc2ncc(-c3cn[nH]c3)c3c2CCO3)c1)c1ccc2c(c1)CCNC2. The normalized spacial score (nSPS) is 14.1. The molecule has 4 aromatic rings. The first-order valence-electron chi connectivity index (χ1n) is 11.8. The van der Waals surface area contributed by atoms with Crippen LogP contribution in [0.1, 0.15) is 32.6 Å². The molecule has 0 fully saturated rings. The monoisotopic (exact) mass is 466 g/mol. The highest BCUT2D eigenvalue weighted by Gasteiger charge is 2.22. The number of nitrogens with one attached hydrogen (secondary N) is 4. The van der Waals surface area contributed by atoms with E-state index in [1.165, 1.54) is 11.1 Å². The van der Waals surface area contributed by atoms with Crippen LogP contribution < -0.4 is 20.7 Å². The lowest BCUT2D eigenvalue weighted by molar-refractivity contribution is 0.102. The first-order valence-corrected chi connectivity index (χ1v) is 11.8. The van der Waals surface area contributed by atoms with Crippen molar-refractivity contribution in [3.8, 4) is 16.9 Å². The number of pyridine rings is 1. The second-order valence-corrected chi connectivity index (χ2v) is 8.83. The standard InChI is InChI=1S/C27H26N6O2/c34-27(19-4-5-20-13-28-8-6-18(20)11-19)33-22-3-1-2-17(10-22)12-29-26-23-7-9-35-25(23)24(16-30-26)21-14-31-32-15-21/h1-5,10-11,14-16,28H,6-9,12-13H2,(H,29,30)(H,31,32)(H,33,34). The Balaban J connectivity index is 1.15. The number of nitrogens with zero attached hydrogens (tertiary/aromatic N) is 2. The number of anilines is 2. The summed E-state index contributed by atoms with van der Waals surface area (Å²) >= 11 is 0. The van der Waals surface area contributed by atoms with Gasteiger partial charge >= 0.3 is 0 Å². The number of fused-ring (bicyclic) bond motifs is 2. The minimum Gasteiger partial charge on any atom is -0.492 e. The summed E-state index contributed by atoms with van der Waals surface area (Å²) in [6.45, 7) is 3.03. The van der Waals surface area contributed by atoms with Gasteiger partial charge in [0.2, 0.25) is 0 Å². The van der Waals surface area contributed by atoms with E-state index in [0.29, 0.717) is 18.7 Å². The number of hydrogen-bond acceptors (Lipinski definition) is 6. The molecule has 0 saturated carbocycles. The number of hydrogen-bond donors (Lipinski definition) is 4. The van der Waals surface area contributed by atoms with Crippen LogP contribution in [0, 0.1) is 0 Å². The number of aromatic nitrogens is 3. The van der Waals surface area contributed by atoms with Crippen LogP contribution in [0.15, 0.2) is 61.1 Å². The Labute approximate surface area is 203 Å². The minimum atomic E-state index is -0.0945. The zero-order valence-electron chi connectivity index (χ0n) is 19.2. The number of benzene rings is 2. The van der Waals surface area contributed by atoms with Crippen molar-refractivity contribution >= 4 is 17.4 Å². The molecular formula is C27H26N6O2. The fraction of sp³-hybridized carbons (Fsp3) is 0.222. The number of aromatic amines is 1. The van der Waals surface area contributed by atoms with E-state index >= 15 is 0 Å². The van der Waals surface area contributed by atoms with E-state index in [0.717, 1.165) is 65.4 Å². The highest BCUT2D eigenvalue weighted by atomic mass is 16.5. The van der Waals surface area contributed by atoms with Gasteiger partial charge in [-0.3, -0.25) is 9.89 Å².